The summed E-state index contributed by atoms with van der Waals surface area (Å²) in [7, 11) is 0.611. The number of benzene rings is 3. The molecule has 7 nitrogen and oxygen atoms in total. The van der Waals surface area contributed by atoms with Crippen LogP contribution >= 0.6 is 0 Å². The first-order valence-electron chi connectivity index (χ1n) is 12.9. The predicted octanol–water partition coefficient (Wildman–Crippen LogP) is 5.15. The molecule has 5 aromatic rings. The van der Waals surface area contributed by atoms with Crippen molar-refractivity contribution in [3.05, 3.63) is 84.6 Å². The van der Waals surface area contributed by atoms with Crippen LogP contribution in [0.25, 0.3) is 33.1 Å². The van der Waals surface area contributed by atoms with E-state index in [1.165, 1.54) is 0 Å². The number of pyridine rings is 1. The van der Waals surface area contributed by atoms with E-state index in [1.807, 2.05) is 37.5 Å². The van der Waals surface area contributed by atoms with Crippen LogP contribution in [0.1, 0.15) is 5.56 Å². The van der Waals surface area contributed by atoms with Gasteiger partial charge in [0.15, 0.2) is 9.84 Å². The standard InChI is InChI=1S/C30H31N5O2S/c1-31-23-11-9-22(10-12-23)26-19-32-30-28(29(26)35-16-14-34(2)15-17-35)25-18-21(8-13-27(25)33-30)20-38(36,37)24-6-4-3-5-7-24/h3-13,18-19,31H,14-17,20H2,1-2H3,(H,32,33). The minimum atomic E-state index is -3.46. The average Bonchev–Trinajstić information content (AvgIpc) is 3.31. The minimum Gasteiger partial charge on any atom is -0.388 e. The molecule has 194 valence electrons. The van der Waals surface area contributed by atoms with Gasteiger partial charge >= 0.3 is 0 Å². The van der Waals surface area contributed by atoms with Crippen molar-refractivity contribution in [2.24, 2.45) is 0 Å². The zero-order valence-corrected chi connectivity index (χ0v) is 22.4. The number of aromatic amines is 1. The lowest BCUT2D eigenvalue weighted by Gasteiger charge is -2.35. The molecule has 0 aliphatic carbocycles. The molecule has 0 radical (unpaired) electrons. The highest BCUT2D eigenvalue weighted by Crippen LogP contribution is 2.41. The van der Waals surface area contributed by atoms with E-state index in [9.17, 15) is 8.42 Å². The van der Waals surface area contributed by atoms with Gasteiger partial charge in [0.05, 0.1) is 21.7 Å². The molecule has 38 heavy (non-hydrogen) atoms. The lowest BCUT2D eigenvalue weighted by atomic mass is 10.00. The van der Waals surface area contributed by atoms with Crippen molar-refractivity contribution < 1.29 is 8.42 Å². The third-order valence-electron chi connectivity index (χ3n) is 7.42. The molecule has 8 heteroatoms. The molecule has 1 aliphatic rings. The van der Waals surface area contributed by atoms with Gasteiger partial charge in [0, 0.05) is 61.6 Å². The van der Waals surface area contributed by atoms with Crippen LogP contribution in [0.15, 0.2) is 83.9 Å². The Hall–Kier alpha value is -3.88. The maximum atomic E-state index is 13.1. The molecule has 1 saturated heterocycles. The molecule has 6 rings (SSSR count). The molecule has 0 amide bonds. The van der Waals surface area contributed by atoms with Gasteiger partial charge < -0.3 is 20.1 Å². The van der Waals surface area contributed by atoms with E-state index in [4.69, 9.17) is 4.98 Å². The summed E-state index contributed by atoms with van der Waals surface area (Å²) in [6.45, 7) is 3.77. The van der Waals surface area contributed by atoms with Crippen molar-refractivity contribution in [1.29, 1.82) is 0 Å². The predicted molar refractivity (Wildman–Crippen MR) is 156 cm³/mol. The van der Waals surface area contributed by atoms with Crippen molar-refractivity contribution in [3.63, 3.8) is 0 Å². The van der Waals surface area contributed by atoms with Crippen LogP contribution in [-0.4, -0.2) is 63.6 Å². The minimum absolute atomic E-state index is 0.0535. The van der Waals surface area contributed by atoms with Crippen molar-refractivity contribution in [2.45, 2.75) is 10.6 Å². The Morgan fingerprint density at radius 2 is 1.68 bits per heavy atom. The summed E-state index contributed by atoms with van der Waals surface area (Å²) in [4.78, 5) is 13.4. The third-order valence-corrected chi connectivity index (χ3v) is 9.12. The SMILES string of the molecule is CNc1ccc(-c2cnc3[nH]c4ccc(CS(=O)(=O)c5ccccc5)cc4c3c2N2CCN(C)CC2)cc1. The molecule has 0 atom stereocenters. The molecular weight excluding hydrogens is 494 g/mol. The summed E-state index contributed by atoms with van der Waals surface area (Å²) in [6, 6.07) is 22.9. The van der Waals surface area contributed by atoms with Crippen LogP contribution in [-0.2, 0) is 15.6 Å². The maximum absolute atomic E-state index is 13.1. The van der Waals surface area contributed by atoms with Gasteiger partial charge in [-0.15, -0.1) is 0 Å². The molecule has 3 aromatic carbocycles. The zero-order chi connectivity index (χ0) is 26.3. The van der Waals surface area contributed by atoms with Gasteiger partial charge in [-0.1, -0.05) is 36.4 Å². The Bertz CT molecular complexity index is 1710. The first-order chi connectivity index (χ1) is 18.4. The monoisotopic (exact) mass is 525 g/mol. The molecule has 1 fully saturated rings. The fourth-order valence-corrected chi connectivity index (χ4v) is 6.65. The van der Waals surface area contributed by atoms with Crippen molar-refractivity contribution in [3.8, 4) is 11.1 Å². The van der Waals surface area contributed by atoms with E-state index in [0.29, 0.717) is 4.90 Å². The fraction of sp³-hybridized carbons (Fsp3) is 0.233. The lowest BCUT2D eigenvalue weighted by molar-refractivity contribution is 0.313. The van der Waals surface area contributed by atoms with Gasteiger partial charge in [-0.3, -0.25) is 0 Å². The molecule has 0 bridgehead atoms. The quantitative estimate of drug-likeness (QED) is 0.319. The summed E-state index contributed by atoms with van der Waals surface area (Å²) < 4.78 is 26.3. The second kappa shape index (κ2) is 9.78. The van der Waals surface area contributed by atoms with Crippen molar-refractivity contribution >= 4 is 43.1 Å². The number of aromatic nitrogens is 2. The van der Waals surface area contributed by atoms with Gasteiger partial charge in [0.2, 0.25) is 0 Å². The van der Waals surface area contributed by atoms with Crippen molar-refractivity contribution in [2.75, 3.05) is 50.5 Å². The maximum Gasteiger partial charge on any atom is 0.182 e. The Morgan fingerprint density at radius 3 is 2.39 bits per heavy atom. The number of rotatable bonds is 6. The first-order valence-corrected chi connectivity index (χ1v) is 14.5. The summed E-state index contributed by atoms with van der Waals surface area (Å²) in [6.07, 6.45) is 1.96. The highest BCUT2D eigenvalue weighted by atomic mass is 32.2. The Labute approximate surface area is 223 Å². The molecular formula is C30H31N5O2S. The smallest absolute Gasteiger partial charge is 0.182 e. The van der Waals surface area contributed by atoms with Crippen LogP contribution < -0.4 is 10.2 Å². The van der Waals surface area contributed by atoms with E-state index in [2.05, 4.69) is 51.4 Å². The Kier molecular flexibility index (Phi) is 6.29. The number of nitrogens with zero attached hydrogens (tertiary/aromatic N) is 3. The summed E-state index contributed by atoms with van der Waals surface area (Å²) in [5.74, 6) is -0.0535. The van der Waals surface area contributed by atoms with E-state index in [-0.39, 0.29) is 5.75 Å². The molecule has 0 spiro atoms. The third kappa shape index (κ3) is 4.50. The van der Waals surface area contributed by atoms with Gasteiger partial charge in [0.25, 0.3) is 0 Å². The van der Waals surface area contributed by atoms with E-state index in [1.54, 1.807) is 24.3 Å². The molecule has 1 aliphatic heterocycles. The number of piperazine rings is 1. The molecule has 0 saturated carbocycles. The zero-order valence-electron chi connectivity index (χ0n) is 21.6. The highest BCUT2D eigenvalue weighted by Gasteiger charge is 2.24. The number of hydrogen-bond acceptors (Lipinski definition) is 6. The summed E-state index contributed by atoms with van der Waals surface area (Å²) >= 11 is 0. The van der Waals surface area contributed by atoms with Gasteiger partial charge in [-0.25, -0.2) is 13.4 Å². The number of sulfone groups is 1. The topological polar surface area (TPSA) is 81.3 Å². The van der Waals surface area contributed by atoms with Crippen LogP contribution in [0.4, 0.5) is 11.4 Å². The van der Waals surface area contributed by atoms with Crippen LogP contribution in [0.3, 0.4) is 0 Å². The Morgan fingerprint density at radius 1 is 0.947 bits per heavy atom. The number of anilines is 2. The highest BCUT2D eigenvalue weighted by molar-refractivity contribution is 7.90. The number of fused-ring (bicyclic) bond motifs is 3. The second-order valence-electron chi connectivity index (χ2n) is 9.94. The Balaban J connectivity index is 1.52. The van der Waals surface area contributed by atoms with Crippen LogP contribution in [0.2, 0.25) is 0 Å². The van der Waals surface area contributed by atoms with E-state index in [0.717, 1.165) is 76.2 Å². The molecule has 2 aromatic heterocycles. The van der Waals surface area contributed by atoms with Gasteiger partial charge in [-0.05, 0) is 54.6 Å². The fourth-order valence-electron chi connectivity index (χ4n) is 5.29. The number of nitrogens with one attached hydrogen (secondary N) is 2. The number of likely N-dealkylation sites (N-methyl/N-ethyl adjacent to an activating group) is 1. The number of H-pyrrole nitrogens is 1. The van der Waals surface area contributed by atoms with E-state index < -0.39 is 9.84 Å². The van der Waals surface area contributed by atoms with E-state index >= 15 is 0 Å². The largest absolute Gasteiger partial charge is 0.388 e. The number of hydrogen-bond donors (Lipinski definition) is 2. The van der Waals surface area contributed by atoms with Crippen molar-refractivity contribution in [1.82, 2.24) is 14.9 Å². The molecule has 3 heterocycles. The first kappa shape index (κ1) is 24.5. The van der Waals surface area contributed by atoms with Crippen LogP contribution in [0.5, 0.6) is 0 Å². The second-order valence-corrected chi connectivity index (χ2v) is 11.9. The normalized spacial score (nSPS) is 14.8. The van der Waals surface area contributed by atoms with Gasteiger partial charge in [-0.2, -0.15) is 0 Å². The van der Waals surface area contributed by atoms with Crippen LogP contribution in [0, 0.1) is 0 Å². The summed E-state index contributed by atoms with van der Waals surface area (Å²) in [5, 5.41) is 5.23. The lowest BCUT2D eigenvalue weighted by Crippen LogP contribution is -2.44. The average molecular weight is 526 g/mol. The van der Waals surface area contributed by atoms with Gasteiger partial charge in [0.1, 0.15) is 5.65 Å². The molecule has 2 N–H and O–H groups in total. The molecule has 0 unspecified atom stereocenters. The summed E-state index contributed by atoms with van der Waals surface area (Å²) in [5.41, 5.74) is 6.90.